The first kappa shape index (κ1) is 12.7. The average molecular weight is 286 g/mol. The van der Waals surface area contributed by atoms with Crippen LogP contribution in [-0.2, 0) is 6.42 Å². The topological polar surface area (TPSA) is 83.8 Å². The second kappa shape index (κ2) is 4.97. The van der Waals surface area contributed by atoms with Gasteiger partial charge in [0.15, 0.2) is 5.69 Å². The summed E-state index contributed by atoms with van der Waals surface area (Å²) in [5.41, 5.74) is 8.07. The number of carbonyl (C=O) groups is 1. The summed E-state index contributed by atoms with van der Waals surface area (Å²) in [7, 11) is 0. The number of carbonyl (C=O) groups excluding carboxylic acids is 1. The van der Waals surface area contributed by atoms with Crippen LogP contribution in [0, 0.1) is 0 Å². The van der Waals surface area contributed by atoms with Crippen LogP contribution in [0.4, 0.5) is 11.4 Å². The number of aromatic nitrogens is 2. The van der Waals surface area contributed by atoms with Crippen LogP contribution in [0.1, 0.15) is 23.1 Å². The number of rotatable bonds is 3. The Kier molecular flexibility index (Phi) is 3.15. The molecular formula is C14H14N4OS. The van der Waals surface area contributed by atoms with Crippen LogP contribution in [0.5, 0.6) is 0 Å². The predicted molar refractivity (Wildman–Crippen MR) is 82.2 cm³/mol. The fraction of sp³-hybridized carbons (Fsp3) is 0.143. The highest BCUT2D eigenvalue weighted by molar-refractivity contribution is 7.17. The molecule has 0 aliphatic carbocycles. The van der Waals surface area contributed by atoms with Gasteiger partial charge < -0.3 is 11.1 Å². The fourth-order valence-electron chi connectivity index (χ4n) is 2.06. The van der Waals surface area contributed by atoms with E-state index in [9.17, 15) is 4.79 Å². The molecule has 0 spiro atoms. The highest BCUT2D eigenvalue weighted by Crippen LogP contribution is 2.24. The lowest BCUT2D eigenvalue weighted by Crippen LogP contribution is -2.14. The number of hydrogen-bond donors (Lipinski definition) is 3. The number of benzene rings is 1. The lowest BCUT2D eigenvalue weighted by molar-refractivity contribution is 0.102. The van der Waals surface area contributed by atoms with Gasteiger partial charge >= 0.3 is 0 Å². The van der Waals surface area contributed by atoms with Gasteiger partial charge in [-0.05, 0) is 41.5 Å². The Labute approximate surface area is 119 Å². The van der Waals surface area contributed by atoms with Crippen LogP contribution < -0.4 is 11.1 Å². The van der Waals surface area contributed by atoms with E-state index in [2.05, 4.69) is 15.5 Å². The van der Waals surface area contributed by atoms with Crippen molar-refractivity contribution in [3.63, 3.8) is 0 Å². The van der Waals surface area contributed by atoms with Crippen molar-refractivity contribution in [2.75, 3.05) is 11.1 Å². The SMILES string of the molecule is CCc1[nH]nc(C(=O)Nc2ccc3sccc3c2)c1N. The molecule has 1 amide bonds. The van der Waals surface area contributed by atoms with Crippen LogP contribution in [0.2, 0.25) is 0 Å². The summed E-state index contributed by atoms with van der Waals surface area (Å²) in [6.45, 7) is 1.95. The zero-order valence-electron chi connectivity index (χ0n) is 10.9. The smallest absolute Gasteiger partial charge is 0.278 e. The Morgan fingerprint density at radius 3 is 3.05 bits per heavy atom. The number of nitrogens with two attached hydrogens (primary N) is 1. The molecular weight excluding hydrogens is 272 g/mol. The molecule has 0 aliphatic heterocycles. The van der Waals surface area contributed by atoms with E-state index in [4.69, 9.17) is 5.73 Å². The van der Waals surface area contributed by atoms with Gasteiger partial charge in [-0.3, -0.25) is 9.89 Å². The molecule has 2 heterocycles. The Hall–Kier alpha value is -2.34. The van der Waals surface area contributed by atoms with Gasteiger partial charge in [-0.2, -0.15) is 5.10 Å². The number of hydrogen-bond acceptors (Lipinski definition) is 4. The molecule has 4 N–H and O–H groups in total. The third-order valence-electron chi connectivity index (χ3n) is 3.16. The minimum atomic E-state index is -0.298. The van der Waals surface area contributed by atoms with Gasteiger partial charge in [-0.25, -0.2) is 0 Å². The van der Waals surface area contributed by atoms with Gasteiger partial charge in [0.1, 0.15) is 0 Å². The number of thiophene rings is 1. The summed E-state index contributed by atoms with van der Waals surface area (Å²) < 4.78 is 1.19. The number of nitrogens with zero attached hydrogens (tertiary/aromatic N) is 1. The van der Waals surface area contributed by atoms with Crippen molar-refractivity contribution in [1.82, 2.24) is 10.2 Å². The molecule has 3 rings (SSSR count). The van der Waals surface area contributed by atoms with Crippen molar-refractivity contribution >= 4 is 38.7 Å². The summed E-state index contributed by atoms with van der Waals surface area (Å²) in [4.78, 5) is 12.2. The lowest BCUT2D eigenvalue weighted by atomic mass is 10.2. The van der Waals surface area contributed by atoms with E-state index in [1.807, 2.05) is 36.6 Å². The van der Waals surface area contributed by atoms with Gasteiger partial charge in [-0.1, -0.05) is 6.92 Å². The third kappa shape index (κ3) is 2.14. The van der Waals surface area contributed by atoms with Crippen LogP contribution in [-0.4, -0.2) is 16.1 Å². The number of anilines is 2. The molecule has 0 aliphatic rings. The monoisotopic (exact) mass is 286 g/mol. The van der Waals surface area contributed by atoms with E-state index < -0.39 is 0 Å². The highest BCUT2D eigenvalue weighted by Gasteiger charge is 2.16. The molecule has 0 bridgehead atoms. The summed E-state index contributed by atoms with van der Waals surface area (Å²) in [5, 5.41) is 12.7. The zero-order valence-corrected chi connectivity index (χ0v) is 11.8. The van der Waals surface area contributed by atoms with E-state index in [-0.39, 0.29) is 11.6 Å². The number of nitrogen functional groups attached to an aromatic ring is 1. The first-order valence-corrected chi connectivity index (χ1v) is 7.18. The number of fused-ring (bicyclic) bond motifs is 1. The van der Waals surface area contributed by atoms with Crippen LogP contribution >= 0.6 is 11.3 Å². The molecule has 0 saturated carbocycles. The molecule has 0 unspecified atom stereocenters. The van der Waals surface area contributed by atoms with E-state index in [0.29, 0.717) is 12.1 Å². The number of aromatic amines is 1. The van der Waals surface area contributed by atoms with E-state index in [1.54, 1.807) is 11.3 Å². The maximum absolute atomic E-state index is 12.2. The summed E-state index contributed by atoms with van der Waals surface area (Å²) >= 11 is 1.67. The van der Waals surface area contributed by atoms with Crippen molar-refractivity contribution in [1.29, 1.82) is 0 Å². The van der Waals surface area contributed by atoms with Gasteiger partial charge in [-0.15, -0.1) is 11.3 Å². The molecule has 5 nitrogen and oxygen atoms in total. The molecule has 3 aromatic rings. The Morgan fingerprint density at radius 1 is 1.45 bits per heavy atom. The van der Waals surface area contributed by atoms with Gasteiger partial charge in [0.05, 0.1) is 11.4 Å². The van der Waals surface area contributed by atoms with E-state index >= 15 is 0 Å². The number of nitrogens with one attached hydrogen (secondary N) is 2. The molecule has 2 aromatic heterocycles. The van der Waals surface area contributed by atoms with Crippen LogP contribution in [0.25, 0.3) is 10.1 Å². The van der Waals surface area contributed by atoms with Crippen molar-refractivity contribution in [3.8, 4) is 0 Å². The number of H-pyrrole nitrogens is 1. The minimum absolute atomic E-state index is 0.243. The van der Waals surface area contributed by atoms with Crippen molar-refractivity contribution in [3.05, 3.63) is 41.0 Å². The fourth-order valence-corrected chi connectivity index (χ4v) is 2.83. The van der Waals surface area contributed by atoms with Crippen LogP contribution in [0.15, 0.2) is 29.6 Å². The Morgan fingerprint density at radius 2 is 2.30 bits per heavy atom. The highest BCUT2D eigenvalue weighted by atomic mass is 32.1. The first-order chi connectivity index (χ1) is 9.69. The third-order valence-corrected chi connectivity index (χ3v) is 4.06. The molecule has 6 heteroatoms. The molecule has 0 atom stereocenters. The molecule has 102 valence electrons. The van der Waals surface area contributed by atoms with Gasteiger partial charge in [0.25, 0.3) is 5.91 Å². The van der Waals surface area contributed by atoms with E-state index in [0.717, 1.165) is 16.8 Å². The van der Waals surface area contributed by atoms with Gasteiger partial charge in [0.2, 0.25) is 0 Å². The second-order valence-electron chi connectivity index (χ2n) is 4.45. The largest absolute Gasteiger partial charge is 0.395 e. The van der Waals surface area contributed by atoms with Gasteiger partial charge in [0, 0.05) is 10.4 Å². The molecule has 20 heavy (non-hydrogen) atoms. The summed E-state index contributed by atoms with van der Waals surface area (Å²) in [5.74, 6) is -0.298. The van der Waals surface area contributed by atoms with Crippen LogP contribution in [0.3, 0.4) is 0 Å². The van der Waals surface area contributed by atoms with Crippen molar-refractivity contribution in [2.45, 2.75) is 13.3 Å². The molecule has 0 saturated heterocycles. The van der Waals surface area contributed by atoms with Crippen molar-refractivity contribution < 1.29 is 4.79 Å². The molecule has 1 aromatic carbocycles. The first-order valence-electron chi connectivity index (χ1n) is 6.30. The maximum atomic E-state index is 12.2. The summed E-state index contributed by atoms with van der Waals surface area (Å²) in [6, 6.07) is 7.82. The van der Waals surface area contributed by atoms with E-state index in [1.165, 1.54) is 4.70 Å². The Balaban J connectivity index is 1.85. The predicted octanol–water partition coefficient (Wildman–Crippen LogP) is 3.02. The quantitative estimate of drug-likeness (QED) is 0.692. The number of aryl methyl sites for hydroxylation is 1. The minimum Gasteiger partial charge on any atom is -0.395 e. The Bertz CT molecular complexity index is 774. The van der Waals surface area contributed by atoms with Crippen molar-refractivity contribution in [2.24, 2.45) is 0 Å². The normalized spacial score (nSPS) is 10.8. The molecule has 0 fully saturated rings. The second-order valence-corrected chi connectivity index (χ2v) is 5.39. The summed E-state index contributed by atoms with van der Waals surface area (Å²) in [6.07, 6.45) is 0.715. The average Bonchev–Trinajstić information content (AvgIpc) is 3.04. The molecule has 0 radical (unpaired) electrons. The standard InChI is InChI=1S/C14H14N4OS/c1-2-10-12(15)13(18-17-10)14(19)16-9-3-4-11-8(7-9)5-6-20-11/h3-7H,2,15H2,1H3,(H,16,19)(H,17,18). The lowest BCUT2D eigenvalue weighted by Gasteiger charge is -2.04. The maximum Gasteiger partial charge on any atom is 0.278 e. The zero-order chi connectivity index (χ0) is 14.1. The number of amides is 1.